The number of carbonyl (C=O) groups is 1. The summed E-state index contributed by atoms with van der Waals surface area (Å²) in [6.45, 7) is 3.09. The summed E-state index contributed by atoms with van der Waals surface area (Å²) < 4.78 is 12.6. The molecule has 1 unspecified atom stereocenters. The van der Waals surface area contributed by atoms with Crippen LogP contribution in [0.4, 0.5) is 10.6 Å². The Kier molecular flexibility index (Phi) is 7.01. The molecule has 0 saturated carbocycles. The average Bonchev–Trinajstić information content (AvgIpc) is 3.59. The number of ether oxygens (including phenoxy) is 2. The first kappa shape index (κ1) is 23.4. The second kappa shape index (κ2) is 10.5. The van der Waals surface area contributed by atoms with Gasteiger partial charge in [-0.15, -0.1) is 0 Å². The van der Waals surface area contributed by atoms with Crippen molar-refractivity contribution in [1.82, 2.24) is 20.0 Å². The second-order valence-electron chi connectivity index (χ2n) is 9.22. The molecule has 2 N–H and O–H groups in total. The van der Waals surface area contributed by atoms with Gasteiger partial charge in [-0.2, -0.15) is 5.10 Å². The van der Waals surface area contributed by atoms with Crippen molar-refractivity contribution in [2.24, 2.45) is 0 Å². The fraction of sp³-hybridized carbons (Fsp3) is 0.407. The van der Waals surface area contributed by atoms with Crippen molar-refractivity contribution >= 4 is 11.8 Å². The summed E-state index contributed by atoms with van der Waals surface area (Å²) in [6.07, 6.45) is 2.94. The number of hydrogen-bond acceptors (Lipinski definition) is 5. The Morgan fingerprint density at radius 1 is 1.09 bits per heavy atom. The van der Waals surface area contributed by atoms with Gasteiger partial charge in [0.2, 0.25) is 0 Å². The van der Waals surface area contributed by atoms with Crippen molar-refractivity contribution in [2.75, 3.05) is 45.8 Å². The number of methoxy groups -OCH3 is 2. The second-order valence-corrected chi connectivity index (χ2v) is 9.22. The molecule has 2 heterocycles. The van der Waals surface area contributed by atoms with E-state index in [2.05, 4.69) is 27.7 Å². The molecule has 5 rings (SSSR count). The van der Waals surface area contributed by atoms with Gasteiger partial charge in [0.05, 0.1) is 31.1 Å². The molecule has 8 heteroatoms. The summed E-state index contributed by atoms with van der Waals surface area (Å²) in [4.78, 5) is 15.7. The summed E-state index contributed by atoms with van der Waals surface area (Å²) in [5.41, 5.74) is 4.31. The van der Waals surface area contributed by atoms with E-state index in [-0.39, 0.29) is 18.0 Å². The number of carbonyl (C=O) groups excluding carboxylic acids is 1. The number of anilines is 1. The zero-order chi connectivity index (χ0) is 24.2. The van der Waals surface area contributed by atoms with Crippen LogP contribution in [0, 0.1) is 0 Å². The number of urea groups is 1. The third-order valence-corrected chi connectivity index (χ3v) is 6.99. The van der Waals surface area contributed by atoms with Gasteiger partial charge >= 0.3 is 6.03 Å². The number of rotatable bonds is 8. The van der Waals surface area contributed by atoms with Gasteiger partial charge in [-0.05, 0) is 49.1 Å². The molecule has 1 saturated heterocycles. The molecule has 35 heavy (non-hydrogen) atoms. The van der Waals surface area contributed by atoms with Crippen LogP contribution < -0.4 is 15.4 Å². The normalized spacial score (nSPS) is 19.5. The number of amides is 2. The highest BCUT2D eigenvalue weighted by molar-refractivity contribution is 5.90. The van der Waals surface area contributed by atoms with Gasteiger partial charge in [0, 0.05) is 38.2 Å². The minimum absolute atomic E-state index is 0.0416. The van der Waals surface area contributed by atoms with Gasteiger partial charge in [0.25, 0.3) is 0 Å². The molecular formula is C27H33N5O3. The van der Waals surface area contributed by atoms with Crippen LogP contribution in [-0.4, -0.2) is 67.2 Å². The summed E-state index contributed by atoms with van der Waals surface area (Å²) >= 11 is 0. The predicted octanol–water partition coefficient (Wildman–Crippen LogP) is 3.61. The number of aromatic nitrogens is 2. The Bertz CT molecular complexity index is 1160. The molecule has 1 aliphatic carbocycles. The van der Waals surface area contributed by atoms with E-state index in [0.29, 0.717) is 6.61 Å². The SMILES string of the molecule is COCCN1CC(NC(=O)Nc2c3c(nn2-c2ccccc2)CCC3)[C@H](c2cccc(OC)c2)C1. The third-order valence-electron chi connectivity index (χ3n) is 6.99. The summed E-state index contributed by atoms with van der Waals surface area (Å²) in [6, 6.07) is 17.8. The topological polar surface area (TPSA) is 80.7 Å². The molecule has 1 fully saturated rings. The van der Waals surface area contributed by atoms with Crippen molar-refractivity contribution in [2.45, 2.75) is 31.2 Å². The number of nitrogens with one attached hydrogen (secondary N) is 2. The Hall–Kier alpha value is -3.36. The summed E-state index contributed by atoms with van der Waals surface area (Å²) in [5.74, 6) is 1.74. The average molecular weight is 476 g/mol. The standard InChI is InChI=1S/C27H33N5O3/c1-34-15-14-31-17-23(19-8-6-11-21(16-19)35-2)25(18-31)28-27(33)29-26-22-12-7-13-24(22)30-32(26)20-9-4-3-5-10-20/h3-6,8-11,16,23,25H,7,12-15,17-18H2,1-2H3,(H2,28,29,33)/t23-,25?/m0/s1. The molecule has 2 amide bonds. The number of hydrogen-bond donors (Lipinski definition) is 2. The number of fused-ring (bicyclic) bond motifs is 1. The molecule has 1 aliphatic heterocycles. The molecule has 3 aromatic rings. The van der Waals surface area contributed by atoms with Crippen molar-refractivity contribution in [3.05, 3.63) is 71.4 Å². The molecule has 0 spiro atoms. The van der Waals surface area contributed by atoms with Gasteiger partial charge in [0.1, 0.15) is 11.6 Å². The molecular weight excluding hydrogens is 442 g/mol. The highest BCUT2D eigenvalue weighted by Crippen LogP contribution is 2.32. The molecule has 0 bridgehead atoms. The van der Waals surface area contributed by atoms with E-state index in [9.17, 15) is 4.79 Å². The molecule has 0 radical (unpaired) electrons. The van der Waals surface area contributed by atoms with Crippen molar-refractivity contribution in [3.8, 4) is 11.4 Å². The van der Waals surface area contributed by atoms with E-state index in [1.54, 1.807) is 14.2 Å². The number of likely N-dealkylation sites (tertiary alicyclic amines) is 1. The first-order chi connectivity index (χ1) is 17.2. The van der Waals surface area contributed by atoms with Gasteiger partial charge in [0.15, 0.2) is 0 Å². The zero-order valence-corrected chi connectivity index (χ0v) is 20.4. The van der Waals surface area contributed by atoms with Crippen LogP contribution in [-0.2, 0) is 17.6 Å². The Morgan fingerprint density at radius 3 is 2.74 bits per heavy atom. The van der Waals surface area contributed by atoms with Crippen LogP contribution in [0.25, 0.3) is 5.69 Å². The maximum absolute atomic E-state index is 13.3. The Morgan fingerprint density at radius 2 is 1.94 bits per heavy atom. The van der Waals surface area contributed by atoms with Crippen LogP contribution in [0.2, 0.25) is 0 Å². The lowest BCUT2D eigenvalue weighted by Crippen LogP contribution is -2.42. The highest BCUT2D eigenvalue weighted by Gasteiger charge is 2.35. The first-order valence-corrected chi connectivity index (χ1v) is 12.2. The van der Waals surface area contributed by atoms with E-state index in [1.807, 2.05) is 47.1 Å². The van der Waals surface area contributed by atoms with Gasteiger partial charge in [-0.25, -0.2) is 9.48 Å². The van der Waals surface area contributed by atoms with Gasteiger partial charge < -0.3 is 14.8 Å². The number of benzene rings is 2. The number of aryl methyl sites for hydroxylation is 1. The smallest absolute Gasteiger partial charge is 0.320 e. The predicted molar refractivity (Wildman–Crippen MR) is 136 cm³/mol. The van der Waals surface area contributed by atoms with Crippen LogP contribution in [0.5, 0.6) is 5.75 Å². The van der Waals surface area contributed by atoms with E-state index in [1.165, 1.54) is 0 Å². The lowest BCUT2D eigenvalue weighted by atomic mass is 9.94. The maximum Gasteiger partial charge on any atom is 0.320 e. The molecule has 2 aliphatic rings. The fourth-order valence-corrected chi connectivity index (χ4v) is 5.23. The van der Waals surface area contributed by atoms with E-state index >= 15 is 0 Å². The summed E-state index contributed by atoms with van der Waals surface area (Å²) in [7, 11) is 3.39. The van der Waals surface area contributed by atoms with Gasteiger partial charge in [-0.3, -0.25) is 10.2 Å². The van der Waals surface area contributed by atoms with Crippen LogP contribution in [0.1, 0.15) is 29.2 Å². The monoisotopic (exact) mass is 475 g/mol. The third kappa shape index (κ3) is 5.04. The maximum atomic E-state index is 13.3. The minimum Gasteiger partial charge on any atom is -0.497 e. The molecule has 8 nitrogen and oxygen atoms in total. The molecule has 1 aromatic heterocycles. The van der Waals surface area contributed by atoms with E-state index in [0.717, 1.165) is 73.0 Å². The number of nitrogens with zero attached hydrogens (tertiary/aromatic N) is 3. The van der Waals surface area contributed by atoms with Gasteiger partial charge in [-0.1, -0.05) is 30.3 Å². The van der Waals surface area contributed by atoms with Crippen molar-refractivity contribution < 1.29 is 14.3 Å². The molecule has 2 aromatic carbocycles. The van der Waals surface area contributed by atoms with E-state index < -0.39 is 0 Å². The Labute approximate surface area is 206 Å². The first-order valence-electron chi connectivity index (χ1n) is 12.2. The lowest BCUT2D eigenvalue weighted by Gasteiger charge is -2.21. The lowest BCUT2D eigenvalue weighted by molar-refractivity contribution is 0.159. The van der Waals surface area contributed by atoms with Crippen LogP contribution in [0.3, 0.4) is 0 Å². The molecule has 184 valence electrons. The Balaban J connectivity index is 1.36. The highest BCUT2D eigenvalue weighted by atomic mass is 16.5. The van der Waals surface area contributed by atoms with Crippen LogP contribution >= 0.6 is 0 Å². The summed E-state index contributed by atoms with van der Waals surface area (Å²) in [5, 5.41) is 11.2. The minimum atomic E-state index is -0.205. The largest absolute Gasteiger partial charge is 0.497 e. The zero-order valence-electron chi connectivity index (χ0n) is 20.4. The van der Waals surface area contributed by atoms with Crippen molar-refractivity contribution in [3.63, 3.8) is 0 Å². The quantitative estimate of drug-likeness (QED) is 0.520. The van der Waals surface area contributed by atoms with Crippen molar-refractivity contribution in [1.29, 1.82) is 0 Å². The number of para-hydroxylation sites is 1. The molecule has 2 atom stereocenters. The van der Waals surface area contributed by atoms with Crippen LogP contribution in [0.15, 0.2) is 54.6 Å². The fourth-order valence-electron chi connectivity index (χ4n) is 5.23. The van der Waals surface area contributed by atoms with E-state index in [4.69, 9.17) is 14.6 Å².